The molecule has 1 heterocycles. The van der Waals surface area contributed by atoms with Gasteiger partial charge in [-0.05, 0) is 49.4 Å². The zero-order valence-corrected chi connectivity index (χ0v) is 16.5. The maximum Gasteiger partial charge on any atom is 0.333 e. The summed E-state index contributed by atoms with van der Waals surface area (Å²) in [4.78, 5) is 16.5. The molecule has 3 N–H and O–H groups in total. The summed E-state index contributed by atoms with van der Waals surface area (Å²) in [5.74, 6) is -1.21. The number of aromatic hydroxyl groups is 2. The van der Waals surface area contributed by atoms with Crippen LogP contribution in [-0.2, 0) is 21.3 Å². The second-order valence-corrected chi connectivity index (χ2v) is 8.06. The van der Waals surface area contributed by atoms with Crippen LogP contribution in [0.15, 0.2) is 35.2 Å². The highest BCUT2D eigenvalue weighted by atomic mass is 32.2. The van der Waals surface area contributed by atoms with Crippen LogP contribution in [0.5, 0.6) is 11.8 Å². The van der Waals surface area contributed by atoms with Crippen LogP contribution in [-0.4, -0.2) is 33.9 Å². The van der Waals surface area contributed by atoms with Crippen molar-refractivity contribution in [2.75, 3.05) is 0 Å². The molecule has 0 aliphatic rings. The molecule has 0 saturated carbocycles. The Hall–Kier alpha value is -2.52. The summed E-state index contributed by atoms with van der Waals surface area (Å²) in [5.41, 5.74) is 1.87. The number of unbranched alkanes of at least 4 members (excludes halogenated alkanes) is 4. The lowest BCUT2D eigenvalue weighted by molar-refractivity contribution is -0.145. The zero-order chi connectivity index (χ0) is 20.7. The lowest BCUT2D eigenvalue weighted by Crippen LogP contribution is -2.18. The first kappa shape index (κ1) is 21.8. The van der Waals surface area contributed by atoms with Crippen LogP contribution in [0.2, 0.25) is 0 Å². The lowest BCUT2D eigenvalue weighted by atomic mass is 10.0. The fourth-order valence-corrected chi connectivity index (χ4v) is 3.43. The van der Waals surface area contributed by atoms with Crippen LogP contribution < -0.4 is 4.84 Å². The number of benzene rings is 1. The number of carbonyl (C=O) groups is 1. The van der Waals surface area contributed by atoms with Crippen molar-refractivity contribution in [3.63, 3.8) is 0 Å². The molecule has 0 unspecified atom stereocenters. The predicted molar refractivity (Wildman–Crippen MR) is 102 cm³/mol. The van der Waals surface area contributed by atoms with Gasteiger partial charge >= 0.3 is 5.97 Å². The van der Waals surface area contributed by atoms with E-state index in [9.17, 15) is 23.4 Å². The van der Waals surface area contributed by atoms with Gasteiger partial charge in [0.2, 0.25) is 11.8 Å². The molecule has 0 bridgehead atoms. The Morgan fingerprint density at radius 1 is 1.00 bits per heavy atom. The molecule has 1 aromatic heterocycles. The molecular formula is C19H25NO7S. The molecule has 2 rings (SSSR count). The van der Waals surface area contributed by atoms with E-state index in [2.05, 4.69) is 0 Å². The summed E-state index contributed by atoms with van der Waals surface area (Å²) in [6, 6.07) is 7.04. The van der Waals surface area contributed by atoms with Gasteiger partial charge in [0.25, 0.3) is 10.1 Å². The van der Waals surface area contributed by atoms with Gasteiger partial charge in [-0.1, -0.05) is 25.3 Å². The Bertz CT molecular complexity index is 899. The fourth-order valence-electron chi connectivity index (χ4n) is 2.87. The van der Waals surface area contributed by atoms with Gasteiger partial charge in [-0.15, -0.1) is 4.73 Å². The zero-order valence-electron chi connectivity index (χ0n) is 15.7. The molecule has 0 saturated heterocycles. The van der Waals surface area contributed by atoms with Crippen molar-refractivity contribution in [1.29, 1.82) is 0 Å². The van der Waals surface area contributed by atoms with Crippen LogP contribution in [0.4, 0.5) is 0 Å². The van der Waals surface area contributed by atoms with E-state index < -0.39 is 16.1 Å². The Morgan fingerprint density at radius 2 is 1.61 bits per heavy atom. The number of carbonyl (C=O) groups excluding carboxylic acids is 1. The van der Waals surface area contributed by atoms with Crippen molar-refractivity contribution in [2.24, 2.45) is 0 Å². The van der Waals surface area contributed by atoms with Crippen molar-refractivity contribution in [3.8, 4) is 11.8 Å². The average Bonchev–Trinajstić information content (AvgIpc) is 2.93. The molecule has 0 aliphatic carbocycles. The first-order valence-electron chi connectivity index (χ1n) is 9.06. The van der Waals surface area contributed by atoms with Crippen LogP contribution >= 0.6 is 0 Å². The summed E-state index contributed by atoms with van der Waals surface area (Å²) < 4.78 is 32.0. The third kappa shape index (κ3) is 6.28. The smallest absolute Gasteiger partial charge is 0.333 e. The van der Waals surface area contributed by atoms with Gasteiger partial charge in [-0.3, -0.25) is 4.55 Å². The van der Waals surface area contributed by atoms with Gasteiger partial charge < -0.3 is 15.1 Å². The Morgan fingerprint density at radius 3 is 2.21 bits per heavy atom. The quantitative estimate of drug-likeness (QED) is 0.405. The van der Waals surface area contributed by atoms with Crippen LogP contribution in [0.3, 0.4) is 0 Å². The summed E-state index contributed by atoms with van der Waals surface area (Å²) in [6.45, 7) is 1.82. The van der Waals surface area contributed by atoms with E-state index in [1.54, 1.807) is 6.07 Å². The van der Waals surface area contributed by atoms with Crippen LogP contribution in [0, 0.1) is 6.92 Å². The summed E-state index contributed by atoms with van der Waals surface area (Å²) in [6.07, 6.45) is 5.33. The molecule has 0 aliphatic heterocycles. The topological polar surface area (TPSA) is 126 Å². The highest BCUT2D eigenvalue weighted by Crippen LogP contribution is 2.20. The maximum absolute atomic E-state index is 11.7. The summed E-state index contributed by atoms with van der Waals surface area (Å²) >= 11 is 0. The van der Waals surface area contributed by atoms with E-state index in [1.165, 1.54) is 24.3 Å². The first-order chi connectivity index (χ1) is 13.2. The largest absolute Gasteiger partial charge is 0.492 e. The molecule has 0 amide bonds. The van der Waals surface area contributed by atoms with E-state index in [0.29, 0.717) is 11.2 Å². The van der Waals surface area contributed by atoms with E-state index in [-0.39, 0.29) is 23.1 Å². The van der Waals surface area contributed by atoms with Crippen LogP contribution in [0.25, 0.3) is 0 Å². The number of nitrogens with zero attached hydrogens (tertiary/aromatic N) is 1. The minimum Gasteiger partial charge on any atom is -0.492 e. The van der Waals surface area contributed by atoms with E-state index in [0.717, 1.165) is 43.2 Å². The summed E-state index contributed by atoms with van der Waals surface area (Å²) in [7, 11) is -4.17. The molecule has 0 fully saturated rings. The molecule has 0 atom stereocenters. The second-order valence-electron chi connectivity index (χ2n) is 6.64. The first-order valence-corrected chi connectivity index (χ1v) is 10.5. The standard InChI is InChI=1S/C19H25NO7S/c1-14-13-16(28(24,25)26)10-9-15(14)7-5-3-2-4-6-8-19(23)27-20-17(21)11-12-18(20)22/h9-13,21-22H,2-8H2,1H3,(H,24,25,26). The van der Waals surface area contributed by atoms with Crippen molar-refractivity contribution < 1.29 is 32.8 Å². The Balaban J connectivity index is 1.63. The number of hydrogen-bond donors (Lipinski definition) is 3. The molecule has 0 radical (unpaired) electrons. The normalized spacial score (nSPS) is 11.5. The molecule has 2 aromatic rings. The van der Waals surface area contributed by atoms with Crippen molar-refractivity contribution >= 4 is 16.1 Å². The second kappa shape index (κ2) is 9.61. The fraction of sp³-hybridized carbons (Fsp3) is 0.421. The molecule has 154 valence electrons. The van der Waals surface area contributed by atoms with Gasteiger partial charge in [-0.25, -0.2) is 4.79 Å². The number of rotatable bonds is 10. The molecule has 1 aromatic carbocycles. The SMILES string of the molecule is Cc1cc(S(=O)(=O)O)ccc1CCCCCCCC(=O)On1c(O)ccc1O. The number of aryl methyl sites for hydroxylation is 2. The van der Waals surface area contributed by atoms with E-state index >= 15 is 0 Å². The molecule has 28 heavy (non-hydrogen) atoms. The van der Waals surface area contributed by atoms with Gasteiger partial charge in [0.15, 0.2) is 0 Å². The van der Waals surface area contributed by atoms with Gasteiger partial charge in [0.05, 0.1) is 4.90 Å². The molecule has 8 nitrogen and oxygen atoms in total. The highest BCUT2D eigenvalue weighted by molar-refractivity contribution is 7.85. The maximum atomic E-state index is 11.7. The Kier molecular flexibility index (Phi) is 7.47. The number of hydrogen-bond acceptors (Lipinski definition) is 6. The van der Waals surface area contributed by atoms with Gasteiger partial charge in [-0.2, -0.15) is 8.42 Å². The van der Waals surface area contributed by atoms with Gasteiger partial charge in [0.1, 0.15) is 0 Å². The monoisotopic (exact) mass is 411 g/mol. The third-order valence-corrected chi connectivity index (χ3v) is 5.28. The summed E-state index contributed by atoms with van der Waals surface area (Å²) in [5, 5.41) is 18.8. The average molecular weight is 411 g/mol. The van der Waals surface area contributed by atoms with Crippen molar-refractivity contribution in [2.45, 2.75) is 56.8 Å². The minimum atomic E-state index is -4.17. The molecule has 0 spiro atoms. The van der Waals surface area contributed by atoms with Gasteiger partial charge in [0, 0.05) is 18.6 Å². The highest BCUT2D eigenvalue weighted by Gasteiger charge is 2.12. The predicted octanol–water partition coefficient (Wildman–Crippen LogP) is 2.99. The van der Waals surface area contributed by atoms with Crippen LogP contribution in [0.1, 0.15) is 49.7 Å². The van der Waals surface area contributed by atoms with E-state index in [1.807, 2.05) is 6.92 Å². The van der Waals surface area contributed by atoms with Crippen molar-refractivity contribution in [1.82, 2.24) is 4.73 Å². The Labute approximate surface area is 164 Å². The number of aromatic nitrogens is 1. The third-order valence-electron chi connectivity index (χ3n) is 4.43. The molecular weight excluding hydrogens is 386 g/mol. The van der Waals surface area contributed by atoms with Crippen molar-refractivity contribution in [3.05, 3.63) is 41.5 Å². The minimum absolute atomic E-state index is 0.0952. The lowest BCUT2D eigenvalue weighted by Gasteiger charge is -2.08. The molecule has 9 heteroatoms. The van der Waals surface area contributed by atoms with E-state index in [4.69, 9.17) is 9.39 Å².